The van der Waals surface area contributed by atoms with Crippen molar-refractivity contribution in [2.75, 3.05) is 19.7 Å². The van der Waals surface area contributed by atoms with E-state index in [0.29, 0.717) is 12.6 Å². The van der Waals surface area contributed by atoms with Gasteiger partial charge in [0.25, 0.3) is 0 Å². The molecule has 3 nitrogen and oxygen atoms in total. The largest absolute Gasteiger partial charge is 0.494 e. The van der Waals surface area contributed by atoms with Gasteiger partial charge in [0.05, 0.1) is 6.61 Å². The number of hydrogen-bond donors (Lipinski definition) is 2. The van der Waals surface area contributed by atoms with Crippen LogP contribution in [0.2, 0.25) is 0 Å². The highest BCUT2D eigenvalue weighted by Gasteiger charge is 2.03. The summed E-state index contributed by atoms with van der Waals surface area (Å²) in [6.07, 6.45) is 1.04. The molecular formula is C13H22N2O. The van der Waals surface area contributed by atoms with E-state index in [2.05, 4.69) is 31.3 Å². The van der Waals surface area contributed by atoms with Crippen LogP contribution in [0.4, 0.5) is 0 Å². The fraction of sp³-hybridized carbons (Fsp3) is 0.538. The lowest BCUT2D eigenvalue weighted by molar-refractivity contribution is 0.317. The SMILES string of the molecule is CCCOc1ccc(C(C)NCCN)cc1. The molecule has 0 spiro atoms. The molecule has 1 aromatic carbocycles. The van der Waals surface area contributed by atoms with Crippen LogP contribution in [0, 0.1) is 0 Å². The van der Waals surface area contributed by atoms with E-state index in [0.717, 1.165) is 25.3 Å². The lowest BCUT2D eigenvalue weighted by Gasteiger charge is -2.14. The zero-order valence-electron chi connectivity index (χ0n) is 10.2. The van der Waals surface area contributed by atoms with E-state index in [1.807, 2.05) is 12.1 Å². The number of rotatable bonds is 7. The monoisotopic (exact) mass is 222 g/mol. The van der Waals surface area contributed by atoms with Gasteiger partial charge in [-0.3, -0.25) is 0 Å². The fourth-order valence-electron chi connectivity index (χ4n) is 1.49. The Kier molecular flexibility index (Phi) is 5.90. The van der Waals surface area contributed by atoms with Gasteiger partial charge in [-0.1, -0.05) is 19.1 Å². The van der Waals surface area contributed by atoms with Crippen LogP contribution in [0.5, 0.6) is 5.75 Å². The second-order valence-corrected chi connectivity index (χ2v) is 3.88. The second kappa shape index (κ2) is 7.25. The van der Waals surface area contributed by atoms with Crippen LogP contribution in [0.15, 0.2) is 24.3 Å². The summed E-state index contributed by atoms with van der Waals surface area (Å²) in [6.45, 7) is 6.53. The van der Waals surface area contributed by atoms with Crippen molar-refractivity contribution < 1.29 is 4.74 Å². The van der Waals surface area contributed by atoms with Crippen molar-refractivity contribution in [3.63, 3.8) is 0 Å². The van der Waals surface area contributed by atoms with Gasteiger partial charge in [-0.15, -0.1) is 0 Å². The standard InChI is InChI=1S/C13H22N2O/c1-3-10-16-13-6-4-12(5-7-13)11(2)15-9-8-14/h4-7,11,15H,3,8-10,14H2,1-2H3. The highest BCUT2D eigenvalue weighted by molar-refractivity contribution is 5.28. The molecule has 0 saturated heterocycles. The topological polar surface area (TPSA) is 47.3 Å². The van der Waals surface area contributed by atoms with Crippen LogP contribution in [-0.4, -0.2) is 19.7 Å². The first-order chi connectivity index (χ1) is 7.77. The summed E-state index contributed by atoms with van der Waals surface area (Å²) in [5.41, 5.74) is 6.71. The van der Waals surface area contributed by atoms with Gasteiger partial charge in [0.15, 0.2) is 0 Å². The van der Waals surface area contributed by atoms with Gasteiger partial charge in [0.1, 0.15) is 5.75 Å². The minimum atomic E-state index is 0.337. The van der Waals surface area contributed by atoms with Crippen LogP contribution in [0.3, 0.4) is 0 Å². The molecule has 0 aliphatic heterocycles. The Morgan fingerprint density at radius 3 is 2.56 bits per heavy atom. The van der Waals surface area contributed by atoms with E-state index in [-0.39, 0.29) is 0 Å². The summed E-state index contributed by atoms with van der Waals surface area (Å²) >= 11 is 0. The van der Waals surface area contributed by atoms with Crippen molar-refractivity contribution in [3.05, 3.63) is 29.8 Å². The Morgan fingerprint density at radius 2 is 2.00 bits per heavy atom. The molecule has 0 aliphatic carbocycles. The number of nitrogens with one attached hydrogen (secondary N) is 1. The van der Waals surface area contributed by atoms with Crippen molar-refractivity contribution >= 4 is 0 Å². The Morgan fingerprint density at radius 1 is 1.31 bits per heavy atom. The molecule has 90 valence electrons. The van der Waals surface area contributed by atoms with Crippen molar-refractivity contribution in [3.8, 4) is 5.75 Å². The van der Waals surface area contributed by atoms with Crippen molar-refractivity contribution in [1.29, 1.82) is 0 Å². The predicted octanol–water partition coefficient (Wildman–Crippen LogP) is 2.08. The van der Waals surface area contributed by atoms with Crippen LogP contribution in [0.1, 0.15) is 31.9 Å². The molecular weight excluding hydrogens is 200 g/mol. The molecule has 0 heterocycles. The van der Waals surface area contributed by atoms with E-state index >= 15 is 0 Å². The number of benzene rings is 1. The van der Waals surface area contributed by atoms with E-state index in [1.54, 1.807) is 0 Å². The molecule has 3 heteroatoms. The molecule has 0 bridgehead atoms. The Hall–Kier alpha value is -1.06. The summed E-state index contributed by atoms with van der Waals surface area (Å²) < 4.78 is 5.53. The average Bonchev–Trinajstić information content (AvgIpc) is 2.34. The second-order valence-electron chi connectivity index (χ2n) is 3.88. The summed E-state index contributed by atoms with van der Waals surface area (Å²) in [5.74, 6) is 0.941. The van der Waals surface area contributed by atoms with E-state index in [1.165, 1.54) is 5.56 Å². The molecule has 1 atom stereocenters. The molecule has 1 unspecified atom stereocenters. The van der Waals surface area contributed by atoms with E-state index in [9.17, 15) is 0 Å². The third-order valence-electron chi connectivity index (χ3n) is 2.45. The molecule has 0 radical (unpaired) electrons. The Bertz CT molecular complexity index is 284. The molecule has 16 heavy (non-hydrogen) atoms. The normalized spacial score (nSPS) is 12.4. The van der Waals surface area contributed by atoms with Crippen molar-refractivity contribution in [2.24, 2.45) is 5.73 Å². The van der Waals surface area contributed by atoms with E-state index < -0.39 is 0 Å². The van der Waals surface area contributed by atoms with Crippen molar-refractivity contribution in [2.45, 2.75) is 26.3 Å². The number of ether oxygens (including phenoxy) is 1. The summed E-state index contributed by atoms with van der Waals surface area (Å²) in [7, 11) is 0. The predicted molar refractivity (Wildman–Crippen MR) is 67.7 cm³/mol. The molecule has 0 amide bonds. The lowest BCUT2D eigenvalue weighted by atomic mass is 10.1. The molecule has 0 fully saturated rings. The quantitative estimate of drug-likeness (QED) is 0.742. The number of nitrogens with two attached hydrogens (primary N) is 1. The zero-order chi connectivity index (χ0) is 11.8. The van der Waals surface area contributed by atoms with Gasteiger partial charge < -0.3 is 15.8 Å². The summed E-state index contributed by atoms with van der Waals surface area (Å²) in [6, 6.07) is 8.57. The maximum atomic E-state index is 5.53. The lowest BCUT2D eigenvalue weighted by Crippen LogP contribution is -2.25. The van der Waals surface area contributed by atoms with E-state index in [4.69, 9.17) is 10.5 Å². The molecule has 1 aromatic rings. The van der Waals surface area contributed by atoms with Gasteiger partial charge in [-0.2, -0.15) is 0 Å². The summed E-state index contributed by atoms with van der Waals surface area (Å²) in [4.78, 5) is 0. The third kappa shape index (κ3) is 4.21. The minimum Gasteiger partial charge on any atom is -0.494 e. The van der Waals surface area contributed by atoms with Gasteiger partial charge in [0.2, 0.25) is 0 Å². The maximum Gasteiger partial charge on any atom is 0.119 e. The first-order valence-electron chi connectivity index (χ1n) is 5.94. The minimum absolute atomic E-state index is 0.337. The highest BCUT2D eigenvalue weighted by Crippen LogP contribution is 2.17. The molecule has 0 saturated carbocycles. The van der Waals surface area contributed by atoms with Crippen LogP contribution < -0.4 is 15.8 Å². The van der Waals surface area contributed by atoms with Gasteiger partial charge in [0, 0.05) is 19.1 Å². The fourth-order valence-corrected chi connectivity index (χ4v) is 1.49. The maximum absolute atomic E-state index is 5.53. The zero-order valence-corrected chi connectivity index (χ0v) is 10.2. The van der Waals surface area contributed by atoms with Crippen LogP contribution in [0.25, 0.3) is 0 Å². The van der Waals surface area contributed by atoms with Crippen LogP contribution in [-0.2, 0) is 0 Å². The first-order valence-corrected chi connectivity index (χ1v) is 5.94. The number of hydrogen-bond acceptors (Lipinski definition) is 3. The Labute approximate surface area is 98.0 Å². The first kappa shape index (κ1) is 13.0. The Balaban J connectivity index is 2.49. The highest BCUT2D eigenvalue weighted by atomic mass is 16.5. The molecule has 1 rings (SSSR count). The third-order valence-corrected chi connectivity index (χ3v) is 2.45. The van der Waals surface area contributed by atoms with Gasteiger partial charge >= 0.3 is 0 Å². The summed E-state index contributed by atoms with van der Waals surface area (Å²) in [5, 5.41) is 3.35. The molecule has 0 aromatic heterocycles. The smallest absolute Gasteiger partial charge is 0.119 e. The van der Waals surface area contributed by atoms with Crippen LogP contribution >= 0.6 is 0 Å². The van der Waals surface area contributed by atoms with Crippen molar-refractivity contribution in [1.82, 2.24) is 5.32 Å². The van der Waals surface area contributed by atoms with Gasteiger partial charge in [-0.25, -0.2) is 0 Å². The van der Waals surface area contributed by atoms with Gasteiger partial charge in [-0.05, 0) is 31.0 Å². The average molecular weight is 222 g/mol. The molecule has 3 N–H and O–H groups in total. The molecule has 0 aliphatic rings.